The summed E-state index contributed by atoms with van der Waals surface area (Å²) < 4.78 is 45.2. The summed E-state index contributed by atoms with van der Waals surface area (Å²) in [5.74, 6) is -1.34. The maximum atomic E-state index is 13.1. The fraction of sp³-hybridized carbons (Fsp3) is 0.240. The van der Waals surface area contributed by atoms with Crippen molar-refractivity contribution in [2.45, 2.75) is 38.0 Å². The highest BCUT2D eigenvalue weighted by Crippen LogP contribution is 2.35. The smallest absolute Gasteiger partial charge is 0.416 e. The van der Waals surface area contributed by atoms with Crippen LogP contribution in [0.4, 0.5) is 13.2 Å². The number of aliphatic carboxylic acids is 1. The van der Waals surface area contributed by atoms with E-state index in [0.29, 0.717) is 6.42 Å². The normalized spacial score (nSPS) is 13.4. The third-order valence-corrected chi connectivity index (χ3v) is 5.10. The van der Waals surface area contributed by atoms with E-state index in [1.807, 2.05) is 61.5 Å². The Labute approximate surface area is 179 Å². The van der Waals surface area contributed by atoms with Crippen molar-refractivity contribution < 1.29 is 27.8 Å². The molecule has 1 N–H and O–H groups in total. The molecular weight excluding hydrogens is 405 g/mol. The molecule has 3 nitrogen and oxygen atoms in total. The van der Waals surface area contributed by atoms with E-state index in [1.54, 1.807) is 0 Å². The maximum Gasteiger partial charge on any atom is 0.416 e. The molecule has 0 saturated heterocycles. The van der Waals surface area contributed by atoms with Crippen molar-refractivity contribution in [3.05, 3.63) is 90.0 Å². The monoisotopic (exact) mass is 428 g/mol. The minimum absolute atomic E-state index is 0.0114. The standard InChI is InChI=1S/C25H23F3O3/c1-2-15-24(23(29)30,31-21-13-8-12-20(16-21)25(26,27)28)17-19-11-6-7-14-22(19)18-9-4-3-5-10-18/h3-14,16H,2,15,17H2,1H3,(H,29,30). The van der Waals surface area contributed by atoms with Gasteiger partial charge in [0.15, 0.2) is 0 Å². The number of benzene rings is 3. The summed E-state index contributed by atoms with van der Waals surface area (Å²) in [7, 11) is 0. The topological polar surface area (TPSA) is 46.5 Å². The molecule has 0 amide bonds. The summed E-state index contributed by atoms with van der Waals surface area (Å²) in [5.41, 5.74) is -0.0587. The maximum absolute atomic E-state index is 13.1. The zero-order valence-corrected chi connectivity index (χ0v) is 17.0. The van der Waals surface area contributed by atoms with Gasteiger partial charge in [-0.1, -0.05) is 74.0 Å². The highest BCUT2D eigenvalue weighted by atomic mass is 19.4. The minimum Gasteiger partial charge on any atom is -0.478 e. The molecule has 162 valence electrons. The van der Waals surface area contributed by atoms with Crippen LogP contribution in [0.1, 0.15) is 30.9 Å². The molecule has 0 heterocycles. The van der Waals surface area contributed by atoms with Gasteiger partial charge >= 0.3 is 12.1 Å². The average molecular weight is 428 g/mol. The van der Waals surface area contributed by atoms with Gasteiger partial charge in [-0.3, -0.25) is 0 Å². The van der Waals surface area contributed by atoms with Gasteiger partial charge in [-0.05, 0) is 41.3 Å². The lowest BCUT2D eigenvalue weighted by Gasteiger charge is -2.31. The lowest BCUT2D eigenvalue weighted by Crippen LogP contribution is -2.46. The summed E-state index contributed by atoms with van der Waals surface area (Å²) in [6.07, 6.45) is -3.91. The third-order valence-electron chi connectivity index (χ3n) is 5.10. The van der Waals surface area contributed by atoms with E-state index in [4.69, 9.17) is 4.74 Å². The Morgan fingerprint density at radius 2 is 1.61 bits per heavy atom. The second-order valence-electron chi connectivity index (χ2n) is 7.38. The minimum atomic E-state index is -4.55. The van der Waals surface area contributed by atoms with Crippen LogP contribution in [0, 0.1) is 0 Å². The Morgan fingerprint density at radius 3 is 2.26 bits per heavy atom. The van der Waals surface area contributed by atoms with Crippen molar-refractivity contribution in [1.29, 1.82) is 0 Å². The Bertz CT molecular complexity index is 1030. The quantitative estimate of drug-likeness (QED) is 0.439. The Morgan fingerprint density at radius 1 is 0.935 bits per heavy atom. The Kier molecular flexibility index (Phi) is 6.68. The molecule has 1 atom stereocenters. The highest BCUT2D eigenvalue weighted by molar-refractivity contribution is 5.79. The first-order chi connectivity index (χ1) is 14.7. The molecule has 0 spiro atoms. The van der Waals surface area contributed by atoms with Gasteiger partial charge in [-0.25, -0.2) is 4.79 Å². The number of hydrogen-bond donors (Lipinski definition) is 1. The number of carboxylic acids is 1. The van der Waals surface area contributed by atoms with Crippen LogP contribution in [0.3, 0.4) is 0 Å². The van der Waals surface area contributed by atoms with Crippen molar-refractivity contribution in [2.24, 2.45) is 0 Å². The van der Waals surface area contributed by atoms with Crippen LogP contribution in [-0.4, -0.2) is 16.7 Å². The van der Waals surface area contributed by atoms with Crippen molar-refractivity contribution in [1.82, 2.24) is 0 Å². The molecule has 0 aliphatic heterocycles. The summed E-state index contributed by atoms with van der Waals surface area (Å²) in [6, 6.07) is 21.3. The Hall–Kier alpha value is -3.28. The van der Waals surface area contributed by atoms with E-state index in [0.717, 1.165) is 28.8 Å². The molecule has 3 aromatic rings. The lowest BCUT2D eigenvalue weighted by atomic mass is 9.86. The van der Waals surface area contributed by atoms with Gasteiger partial charge in [0.05, 0.1) is 5.56 Å². The average Bonchev–Trinajstić information content (AvgIpc) is 2.74. The second-order valence-corrected chi connectivity index (χ2v) is 7.38. The molecule has 31 heavy (non-hydrogen) atoms. The summed E-state index contributed by atoms with van der Waals surface area (Å²) in [5, 5.41) is 10.1. The molecule has 0 aromatic heterocycles. The number of ether oxygens (including phenoxy) is 1. The predicted molar refractivity (Wildman–Crippen MR) is 113 cm³/mol. The van der Waals surface area contributed by atoms with E-state index >= 15 is 0 Å². The van der Waals surface area contributed by atoms with Crippen LogP contribution in [0.2, 0.25) is 0 Å². The van der Waals surface area contributed by atoms with Crippen LogP contribution < -0.4 is 4.74 Å². The van der Waals surface area contributed by atoms with Crippen LogP contribution in [-0.2, 0) is 17.4 Å². The fourth-order valence-corrected chi connectivity index (χ4v) is 3.65. The zero-order valence-electron chi connectivity index (χ0n) is 17.0. The van der Waals surface area contributed by atoms with E-state index in [2.05, 4.69) is 0 Å². The second kappa shape index (κ2) is 9.25. The van der Waals surface area contributed by atoms with Gasteiger partial charge in [0.25, 0.3) is 0 Å². The van der Waals surface area contributed by atoms with Gasteiger partial charge in [0.1, 0.15) is 5.75 Å². The van der Waals surface area contributed by atoms with E-state index in [9.17, 15) is 23.1 Å². The van der Waals surface area contributed by atoms with Crippen LogP contribution in [0.5, 0.6) is 5.75 Å². The molecule has 3 rings (SSSR count). The number of hydrogen-bond acceptors (Lipinski definition) is 2. The largest absolute Gasteiger partial charge is 0.478 e. The van der Waals surface area contributed by atoms with Crippen LogP contribution >= 0.6 is 0 Å². The van der Waals surface area contributed by atoms with Gasteiger partial charge in [0.2, 0.25) is 5.60 Å². The number of alkyl halides is 3. The highest BCUT2D eigenvalue weighted by Gasteiger charge is 2.41. The zero-order chi connectivity index (χ0) is 22.5. The van der Waals surface area contributed by atoms with E-state index < -0.39 is 23.3 Å². The van der Waals surface area contributed by atoms with Crippen molar-refractivity contribution in [2.75, 3.05) is 0 Å². The Balaban J connectivity index is 2.03. The third kappa shape index (κ3) is 5.26. The summed E-state index contributed by atoms with van der Waals surface area (Å²) in [4.78, 5) is 12.4. The van der Waals surface area contributed by atoms with Gasteiger partial charge in [-0.2, -0.15) is 13.2 Å². The lowest BCUT2D eigenvalue weighted by molar-refractivity contribution is -0.156. The fourth-order valence-electron chi connectivity index (χ4n) is 3.65. The summed E-state index contributed by atoms with van der Waals surface area (Å²) >= 11 is 0. The molecule has 0 saturated carbocycles. The summed E-state index contributed by atoms with van der Waals surface area (Å²) in [6.45, 7) is 1.82. The molecule has 0 bridgehead atoms. The number of rotatable bonds is 8. The van der Waals surface area contributed by atoms with Crippen molar-refractivity contribution in [3.8, 4) is 16.9 Å². The molecule has 0 radical (unpaired) electrons. The first-order valence-corrected chi connectivity index (χ1v) is 9.98. The molecule has 0 aliphatic rings. The molecule has 0 aliphatic carbocycles. The predicted octanol–water partition coefficient (Wildman–Crippen LogP) is 6.62. The number of carboxylic acid groups (broad SMARTS) is 1. The van der Waals surface area contributed by atoms with Crippen LogP contribution in [0.15, 0.2) is 78.9 Å². The first kappa shape index (κ1) is 22.4. The SMILES string of the molecule is CCCC(Cc1ccccc1-c1ccccc1)(Oc1cccc(C(F)(F)F)c1)C(=O)O. The first-order valence-electron chi connectivity index (χ1n) is 9.98. The van der Waals surface area contributed by atoms with Gasteiger partial charge in [-0.15, -0.1) is 0 Å². The van der Waals surface area contributed by atoms with Crippen molar-refractivity contribution >= 4 is 5.97 Å². The molecule has 1 unspecified atom stereocenters. The number of carbonyl (C=O) groups is 1. The van der Waals surface area contributed by atoms with E-state index in [1.165, 1.54) is 12.1 Å². The van der Waals surface area contributed by atoms with E-state index in [-0.39, 0.29) is 18.6 Å². The van der Waals surface area contributed by atoms with Crippen molar-refractivity contribution in [3.63, 3.8) is 0 Å². The van der Waals surface area contributed by atoms with Gasteiger partial charge in [0, 0.05) is 6.42 Å². The molecular formula is C25H23F3O3. The molecule has 3 aromatic carbocycles. The molecule has 0 fully saturated rings. The van der Waals surface area contributed by atoms with Crippen LogP contribution in [0.25, 0.3) is 11.1 Å². The van der Waals surface area contributed by atoms with Gasteiger partial charge < -0.3 is 9.84 Å². The molecule has 6 heteroatoms. The number of halogens is 3.